The van der Waals surface area contributed by atoms with E-state index in [1.807, 2.05) is 31.2 Å². The number of hydrogen-bond acceptors (Lipinski definition) is 2. The number of carbonyl (C=O) groups excluding carboxylic acids is 1. The molecule has 19 heavy (non-hydrogen) atoms. The van der Waals surface area contributed by atoms with Crippen molar-refractivity contribution in [2.24, 2.45) is 0 Å². The van der Waals surface area contributed by atoms with Crippen molar-refractivity contribution in [1.29, 1.82) is 0 Å². The molecule has 1 heterocycles. The molecule has 1 aromatic heterocycles. The van der Waals surface area contributed by atoms with Crippen LogP contribution in [-0.2, 0) is 0 Å². The summed E-state index contributed by atoms with van der Waals surface area (Å²) in [7, 11) is 0. The largest absolute Gasteiger partial charge is 0.345 e. The fraction of sp³-hybridized carbons (Fsp3) is 0.143. The van der Waals surface area contributed by atoms with Gasteiger partial charge in [-0.2, -0.15) is 0 Å². The molecule has 98 valence electrons. The van der Waals surface area contributed by atoms with Gasteiger partial charge in [0.1, 0.15) is 5.15 Å². The molecule has 3 nitrogen and oxygen atoms in total. The number of pyridine rings is 1. The summed E-state index contributed by atoms with van der Waals surface area (Å²) in [6.07, 6.45) is 1.46. The fourth-order valence-electron chi connectivity index (χ4n) is 1.69. The topological polar surface area (TPSA) is 42.0 Å². The zero-order chi connectivity index (χ0) is 13.8. The van der Waals surface area contributed by atoms with E-state index in [0.29, 0.717) is 10.7 Å². The predicted molar refractivity (Wildman–Crippen MR) is 79.3 cm³/mol. The minimum absolute atomic E-state index is 0.0984. The van der Waals surface area contributed by atoms with Gasteiger partial charge in [0.2, 0.25) is 0 Å². The van der Waals surface area contributed by atoms with E-state index in [-0.39, 0.29) is 11.9 Å². The van der Waals surface area contributed by atoms with Crippen LogP contribution in [0.5, 0.6) is 0 Å². The van der Waals surface area contributed by atoms with Crippen molar-refractivity contribution >= 4 is 33.4 Å². The highest BCUT2D eigenvalue weighted by Crippen LogP contribution is 2.23. The normalized spacial score (nSPS) is 11.9. The van der Waals surface area contributed by atoms with Gasteiger partial charge in [0, 0.05) is 10.7 Å². The van der Waals surface area contributed by atoms with Gasteiger partial charge in [-0.05, 0) is 30.7 Å². The van der Waals surface area contributed by atoms with Crippen molar-refractivity contribution in [2.45, 2.75) is 13.0 Å². The Labute approximate surface area is 125 Å². The fourth-order valence-corrected chi connectivity index (χ4v) is 2.43. The van der Waals surface area contributed by atoms with E-state index >= 15 is 0 Å². The van der Waals surface area contributed by atoms with Gasteiger partial charge in [-0.3, -0.25) is 4.79 Å². The molecular weight excluding hydrogens is 328 g/mol. The van der Waals surface area contributed by atoms with E-state index in [0.717, 1.165) is 10.0 Å². The minimum atomic E-state index is -0.174. The van der Waals surface area contributed by atoms with Gasteiger partial charge in [-0.25, -0.2) is 4.98 Å². The van der Waals surface area contributed by atoms with Crippen molar-refractivity contribution in [2.75, 3.05) is 0 Å². The molecule has 0 aliphatic heterocycles. The molecule has 0 saturated heterocycles. The van der Waals surface area contributed by atoms with E-state index < -0.39 is 0 Å². The van der Waals surface area contributed by atoms with Crippen LogP contribution in [0.25, 0.3) is 0 Å². The smallest absolute Gasteiger partial charge is 0.253 e. The maximum absolute atomic E-state index is 12.0. The zero-order valence-electron chi connectivity index (χ0n) is 10.2. The third kappa shape index (κ3) is 3.55. The first-order valence-electron chi connectivity index (χ1n) is 5.75. The monoisotopic (exact) mass is 338 g/mol. The Morgan fingerprint density at radius 3 is 2.68 bits per heavy atom. The lowest BCUT2D eigenvalue weighted by Crippen LogP contribution is -2.26. The van der Waals surface area contributed by atoms with Crippen molar-refractivity contribution in [3.05, 3.63) is 63.3 Å². The van der Waals surface area contributed by atoms with Crippen molar-refractivity contribution in [3.8, 4) is 0 Å². The highest BCUT2D eigenvalue weighted by molar-refractivity contribution is 9.10. The summed E-state index contributed by atoms with van der Waals surface area (Å²) in [4.78, 5) is 15.9. The van der Waals surface area contributed by atoms with Crippen LogP contribution in [0, 0.1) is 0 Å². The SMILES string of the molecule is CC(NC(=O)c1ccc(Cl)nc1)c1ccccc1Br. The van der Waals surface area contributed by atoms with Crippen LogP contribution in [-0.4, -0.2) is 10.9 Å². The number of hydrogen-bond donors (Lipinski definition) is 1. The van der Waals surface area contributed by atoms with E-state index in [9.17, 15) is 4.79 Å². The molecule has 1 aromatic carbocycles. The third-order valence-corrected chi connectivity index (χ3v) is 3.65. The number of nitrogens with one attached hydrogen (secondary N) is 1. The first kappa shape index (κ1) is 14.0. The molecule has 0 aliphatic rings. The predicted octanol–water partition coefficient (Wildman–Crippen LogP) is 3.99. The van der Waals surface area contributed by atoms with Crippen LogP contribution < -0.4 is 5.32 Å². The van der Waals surface area contributed by atoms with Crippen LogP contribution in [0.3, 0.4) is 0 Å². The molecule has 1 amide bonds. The molecule has 0 fully saturated rings. The molecule has 0 bridgehead atoms. The van der Waals surface area contributed by atoms with Crippen LogP contribution in [0.1, 0.15) is 28.9 Å². The van der Waals surface area contributed by atoms with Crippen LogP contribution in [0.2, 0.25) is 5.15 Å². The molecule has 5 heteroatoms. The Bertz CT molecular complexity index is 586. The number of aromatic nitrogens is 1. The molecule has 0 saturated carbocycles. The first-order chi connectivity index (χ1) is 9.08. The average Bonchev–Trinajstić information content (AvgIpc) is 2.39. The molecule has 0 spiro atoms. The van der Waals surface area contributed by atoms with Crippen molar-refractivity contribution < 1.29 is 4.79 Å². The summed E-state index contributed by atoms with van der Waals surface area (Å²) in [6.45, 7) is 1.93. The Morgan fingerprint density at radius 1 is 1.32 bits per heavy atom. The lowest BCUT2D eigenvalue weighted by Gasteiger charge is -2.15. The second kappa shape index (κ2) is 6.17. The zero-order valence-corrected chi connectivity index (χ0v) is 12.6. The van der Waals surface area contributed by atoms with Gasteiger partial charge >= 0.3 is 0 Å². The van der Waals surface area contributed by atoms with Gasteiger partial charge in [0.05, 0.1) is 11.6 Å². The third-order valence-electron chi connectivity index (χ3n) is 2.71. The van der Waals surface area contributed by atoms with Gasteiger partial charge in [-0.1, -0.05) is 45.7 Å². The Kier molecular flexibility index (Phi) is 4.56. The average molecular weight is 340 g/mol. The maximum Gasteiger partial charge on any atom is 0.253 e. The van der Waals surface area contributed by atoms with Gasteiger partial charge in [0.15, 0.2) is 0 Å². The number of amides is 1. The number of benzene rings is 1. The van der Waals surface area contributed by atoms with Gasteiger partial charge in [0.25, 0.3) is 5.91 Å². The lowest BCUT2D eigenvalue weighted by atomic mass is 10.1. The standard InChI is InChI=1S/C14H12BrClN2O/c1-9(11-4-2-3-5-12(11)15)18-14(19)10-6-7-13(16)17-8-10/h2-9H,1H3,(H,18,19). The maximum atomic E-state index is 12.0. The second-order valence-corrected chi connectivity index (χ2v) is 5.33. The summed E-state index contributed by atoms with van der Waals surface area (Å²) >= 11 is 9.16. The number of nitrogens with zero attached hydrogens (tertiary/aromatic N) is 1. The van der Waals surface area contributed by atoms with E-state index in [1.54, 1.807) is 12.1 Å². The molecule has 1 unspecified atom stereocenters. The Morgan fingerprint density at radius 2 is 2.05 bits per heavy atom. The minimum Gasteiger partial charge on any atom is -0.345 e. The highest BCUT2D eigenvalue weighted by Gasteiger charge is 2.13. The van der Waals surface area contributed by atoms with Crippen LogP contribution in [0.4, 0.5) is 0 Å². The van der Waals surface area contributed by atoms with E-state index in [2.05, 4.69) is 26.2 Å². The molecular formula is C14H12BrClN2O. The van der Waals surface area contributed by atoms with Crippen LogP contribution in [0.15, 0.2) is 47.1 Å². The highest BCUT2D eigenvalue weighted by atomic mass is 79.9. The summed E-state index contributed by atoms with van der Waals surface area (Å²) in [6, 6.07) is 10.9. The van der Waals surface area contributed by atoms with Crippen molar-refractivity contribution in [1.82, 2.24) is 10.3 Å². The van der Waals surface area contributed by atoms with E-state index in [4.69, 9.17) is 11.6 Å². The van der Waals surface area contributed by atoms with Crippen molar-refractivity contribution in [3.63, 3.8) is 0 Å². The van der Waals surface area contributed by atoms with Crippen LogP contribution >= 0.6 is 27.5 Å². The summed E-state index contributed by atoms with van der Waals surface area (Å²) in [5, 5.41) is 3.29. The summed E-state index contributed by atoms with van der Waals surface area (Å²) < 4.78 is 0.969. The summed E-state index contributed by atoms with van der Waals surface area (Å²) in [5.74, 6) is -0.174. The quantitative estimate of drug-likeness (QED) is 0.859. The van der Waals surface area contributed by atoms with E-state index in [1.165, 1.54) is 6.20 Å². The molecule has 0 aliphatic carbocycles. The van der Waals surface area contributed by atoms with Gasteiger partial charge in [-0.15, -0.1) is 0 Å². The molecule has 2 rings (SSSR count). The lowest BCUT2D eigenvalue weighted by molar-refractivity contribution is 0.0939. The van der Waals surface area contributed by atoms with Gasteiger partial charge < -0.3 is 5.32 Å². The number of halogens is 2. The molecule has 1 N–H and O–H groups in total. The Hall–Kier alpha value is -1.39. The Balaban J connectivity index is 2.11. The molecule has 0 radical (unpaired) electrons. The summed E-state index contributed by atoms with van der Waals surface area (Å²) in [5.41, 5.74) is 1.51. The first-order valence-corrected chi connectivity index (χ1v) is 6.92. The molecule has 1 atom stereocenters. The second-order valence-electron chi connectivity index (χ2n) is 4.09. The molecule has 2 aromatic rings. The number of carbonyl (C=O) groups is 1. The number of rotatable bonds is 3.